The van der Waals surface area contributed by atoms with E-state index >= 15 is 0 Å². The number of carboxylic acid groups (broad SMARTS) is 1. The van der Waals surface area contributed by atoms with Crippen LogP contribution in [-0.2, 0) is 16.1 Å². The van der Waals surface area contributed by atoms with Gasteiger partial charge >= 0.3 is 5.97 Å². The highest BCUT2D eigenvalue weighted by Crippen LogP contribution is 2.28. The summed E-state index contributed by atoms with van der Waals surface area (Å²) in [5.74, 6) is -2.46. The van der Waals surface area contributed by atoms with E-state index < -0.39 is 17.8 Å². The number of fused-ring (bicyclic) bond motifs is 1. The number of hydrogen-bond donors (Lipinski definition) is 2. The van der Waals surface area contributed by atoms with Crippen LogP contribution in [0.4, 0.5) is 5.69 Å². The van der Waals surface area contributed by atoms with Gasteiger partial charge in [0.2, 0.25) is 0 Å². The average molecular weight is 507 g/mol. The number of hydrogen-bond acceptors (Lipinski definition) is 5. The zero-order valence-electron chi connectivity index (χ0n) is 19.2. The minimum absolute atomic E-state index is 0.0174. The fourth-order valence-corrected chi connectivity index (χ4v) is 4.58. The third-order valence-corrected chi connectivity index (χ3v) is 6.34. The van der Waals surface area contributed by atoms with E-state index in [-0.39, 0.29) is 21.9 Å². The van der Waals surface area contributed by atoms with Crippen LogP contribution in [0.2, 0.25) is 0 Å². The van der Waals surface area contributed by atoms with Crippen LogP contribution < -0.4 is 10.2 Å². The molecule has 2 N–H and O–H groups in total. The Labute approximate surface area is 216 Å². The van der Waals surface area contributed by atoms with Crippen molar-refractivity contribution in [2.75, 3.05) is 4.90 Å². The van der Waals surface area contributed by atoms with Crippen molar-refractivity contribution in [1.82, 2.24) is 9.88 Å². The quantitative estimate of drug-likeness (QED) is 0.239. The van der Waals surface area contributed by atoms with Crippen LogP contribution in [0.15, 0.2) is 84.6 Å². The van der Waals surface area contributed by atoms with E-state index in [2.05, 4.69) is 11.4 Å². The molecule has 2 heterocycles. The topological polar surface area (TPSA) is 115 Å². The van der Waals surface area contributed by atoms with Crippen molar-refractivity contribution in [3.05, 3.63) is 107 Å². The van der Waals surface area contributed by atoms with Gasteiger partial charge in [-0.3, -0.25) is 19.8 Å². The Balaban J connectivity index is 1.58. The minimum Gasteiger partial charge on any atom is -0.478 e. The SMILES string of the molecule is N#Cc1ccccc1Cn1cc(C=C2C(=O)NC(=S)N(c3cccc(C(=O)O)c3)C2=O)c2ccccc21. The van der Waals surface area contributed by atoms with E-state index in [1.54, 1.807) is 18.2 Å². The fraction of sp³-hybridized carbons (Fsp3) is 0.0357. The van der Waals surface area contributed by atoms with E-state index in [1.165, 1.54) is 24.3 Å². The summed E-state index contributed by atoms with van der Waals surface area (Å²) in [4.78, 5) is 38.8. The van der Waals surface area contributed by atoms with E-state index in [0.29, 0.717) is 17.7 Å². The molecule has 1 fully saturated rings. The molecule has 37 heavy (non-hydrogen) atoms. The second-order valence-electron chi connectivity index (χ2n) is 8.31. The molecule has 0 spiro atoms. The summed E-state index contributed by atoms with van der Waals surface area (Å²) in [6.45, 7) is 0.422. The molecule has 0 bridgehead atoms. The van der Waals surface area contributed by atoms with Crippen LogP contribution in [-0.4, -0.2) is 32.6 Å². The number of carbonyl (C=O) groups is 3. The lowest BCUT2D eigenvalue weighted by molar-refractivity contribution is -0.122. The maximum absolute atomic E-state index is 13.5. The molecule has 0 aliphatic carbocycles. The number of nitriles is 1. The molecule has 5 rings (SSSR count). The molecule has 0 atom stereocenters. The van der Waals surface area contributed by atoms with E-state index in [4.69, 9.17) is 12.2 Å². The van der Waals surface area contributed by atoms with E-state index in [0.717, 1.165) is 21.4 Å². The predicted molar refractivity (Wildman–Crippen MR) is 142 cm³/mol. The Hall–Kier alpha value is -5.07. The highest BCUT2D eigenvalue weighted by atomic mass is 32.1. The van der Waals surface area contributed by atoms with Crippen LogP contribution in [0.1, 0.15) is 27.0 Å². The number of benzene rings is 3. The van der Waals surface area contributed by atoms with Gasteiger partial charge in [-0.25, -0.2) is 4.79 Å². The molecule has 1 saturated heterocycles. The maximum atomic E-state index is 13.5. The number of anilines is 1. The number of carboxylic acids is 1. The van der Waals surface area contributed by atoms with Crippen LogP contribution in [0.25, 0.3) is 17.0 Å². The Bertz CT molecular complexity index is 1700. The number of nitrogens with one attached hydrogen (secondary N) is 1. The van der Waals surface area contributed by atoms with Crippen molar-refractivity contribution >= 4 is 57.8 Å². The standard InChI is InChI=1S/C28H18N4O4S/c29-14-18-6-1-2-7-19(18)15-31-16-20(22-10-3-4-11-24(22)31)13-23-25(33)30-28(37)32(26(23)34)21-9-5-8-17(12-21)27(35)36/h1-13,16H,15H2,(H,35,36)(H,30,33,37). The number of thiocarbonyl (C=S) groups is 1. The number of aromatic nitrogens is 1. The lowest BCUT2D eigenvalue weighted by Gasteiger charge is -2.29. The zero-order valence-corrected chi connectivity index (χ0v) is 20.0. The third-order valence-electron chi connectivity index (χ3n) is 6.05. The first kappa shape index (κ1) is 23.7. The Morgan fingerprint density at radius 2 is 1.81 bits per heavy atom. The van der Waals surface area contributed by atoms with Gasteiger partial charge in [0.05, 0.1) is 22.9 Å². The van der Waals surface area contributed by atoms with Crippen LogP contribution in [0.5, 0.6) is 0 Å². The summed E-state index contributed by atoms with van der Waals surface area (Å²) in [5, 5.41) is 22.0. The number of nitrogens with zero attached hydrogens (tertiary/aromatic N) is 3. The van der Waals surface area contributed by atoms with Gasteiger partial charge in [0, 0.05) is 29.2 Å². The van der Waals surface area contributed by atoms with Crippen molar-refractivity contribution in [3.8, 4) is 6.07 Å². The average Bonchev–Trinajstić information content (AvgIpc) is 3.24. The van der Waals surface area contributed by atoms with Gasteiger partial charge in [-0.1, -0.05) is 42.5 Å². The van der Waals surface area contributed by atoms with Gasteiger partial charge in [-0.05, 0) is 54.2 Å². The highest BCUT2D eigenvalue weighted by molar-refractivity contribution is 7.80. The van der Waals surface area contributed by atoms with Crippen LogP contribution in [0.3, 0.4) is 0 Å². The van der Waals surface area contributed by atoms with E-state index in [9.17, 15) is 24.8 Å². The lowest BCUT2D eigenvalue weighted by Crippen LogP contribution is -2.54. The van der Waals surface area contributed by atoms with E-state index in [1.807, 2.05) is 47.2 Å². The number of carbonyl (C=O) groups excluding carboxylic acids is 2. The molecule has 2 amide bonds. The van der Waals surface area contributed by atoms with Gasteiger partial charge < -0.3 is 9.67 Å². The molecule has 0 unspecified atom stereocenters. The molecule has 8 nitrogen and oxygen atoms in total. The normalized spacial score (nSPS) is 14.6. The molecule has 3 aromatic carbocycles. The second kappa shape index (κ2) is 9.53. The summed E-state index contributed by atoms with van der Waals surface area (Å²) < 4.78 is 1.96. The van der Waals surface area contributed by atoms with Crippen molar-refractivity contribution in [3.63, 3.8) is 0 Å². The molecule has 1 aliphatic rings. The maximum Gasteiger partial charge on any atom is 0.335 e. The van der Waals surface area contributed by atoms with Crippen molar-refractivity contribution in [2.45, 2.75) is 6.54 Å². The molecule has 180 valence electrons. The molecular formula is C28H18N4O4S. The van der Waals surface area contributed by atoms with Gasteiger partial charge in [0.25, 0.3) is 11.8 Å². The molecule has 4 aromatic rings. The summed E-state index contributed by atoms with van der Waals surface area (Å²) in [7, 11) is 0. The first-order chi connectivity index (χ1) is 17.9. The van der Waals surface area contributed by atoms with Crippen LogP contribution >= 0.6 is 12.2 Å². The minimum atomic E-state index is -1.15. The fourth-order valence-electron chi connectivity index (χ4n) is 4.30. The summed E-state index contributed by atoms with van der Waals surface area (Å²) in [6, 6.07) is 22.8. The van der Waals surface area contributed by atoms with Gasteiger partial charge in [0.1, 0.15) is 5.57 Å². The first-order valence-corrected chi connectivity index (χ1v) is 11.6. The molecule has 1 aromatic heterocycles. The molecule has 0 radical (unpaired) electrons. The number of para-hydroxylation sites is 1. The predicted octanol–water partition coefficient (Wildman–Crippen LogP) is 4.09. The van der Waals surface area contributed by atoms with Crippen molar-refractivity contribution in [1.29, 1.82) is 5.26 Å². The first-order valence-electron chi connectivity index (χ1n) is 11.2. The Morgan fingerprint density at radius 3 is 2.59 bits per heavy atom. The number of amides is 2. The summed E-state index contributed by atoms with van der Waals surface area (Å²) in [5.41, 5.74) is 2.98. The van der Waals surface area contributed by atoms with Gasteiger partial charge in [0.15, 0.2) is 5.11 Å². The number of rotatable bonds is 5. The van der Waals surface area contributed by atoms with Gasteiger partial charge in [-0.2, -0.15) is 5.26 Å². The van der Waals surface area contributed by atoms with Crippen molar-refractivity contribution < 1.29 is 19.5 Å². The Morgan fingerprint density at radius 1 is 1.05 bits per heavy atom. The largest absolute Gasteiger partial charge is 0.478 e. The Kier molecular flexibility index (Phi) is 6.09. The smallest absolute Gasteiger partial charge is 0.335 e. The zero-order chi connectivity index (χ0) is 26.1. The monoisotopic (exact) mass is 506 g/mol. The van der Waals surface area contributed by atoms with Crippen LogP contribution in [0, 0.1) is 11.3 Å². The molecule has 0 saturated carbocycles. The molecular weight excluding hydrogens is 488 g/mol. The lowest BCUT2D eigenvalue weighted by atomic mass is 10.1. The third kappa shape index (κ3) is 4.37. The summed E-state index contributed by atoms with van der Waals surface area (Å²) in [6.07, 6.45) is 3.33. The molecule has 9 heteroatoms. The number of aromatic carboxylic acids is 1. The highest BCUT2D eigenvalue weighted by Gasteiger charge is 2.35. The summed E-state index contributed by atoms with van der Waals surface area (Å²) >= 11 is 5.24. The van der Waals surface area contributed by atoms with Gasteiger partial charge in [-0.15, -0.1) is 0 Å². The molecule has 1 aliphatic heterocycles. The van der Waals surface area contributed by atoms with Crippen molar-refractivity contribution in [2.24, 2.45) is 0 Å². The second-order valence-corrected chi connectivity index (χ2v) is 8.70.